The molecular weight excluding hydrogens is 450 g/mol. The second-order valence-corrected chi connectivity index (χ2v) is 10.5. The Hall–Kier alpha value is -0.790. The Morgan fingerprint density at radius 3 is 2.58 bits per heavy atom. The summed E-state index contributed by atoms with van der Waals surface area (Å²) in [6, 6.07) is -0.367. The van der Waals surface area contributed by atoms with Gasteiger partial charge in [-0.15, -0.1) is 11.8 Å². The molecule has 0 aromatic rings. The molecule has 0 aromatic carbocycles. The molecule has 0 radical (unpaired) electrons. The van der Waals surface area contributed by atoms with Crippen LogP contribution in [-0.4, -0.2) is 129 Å². The van der Waals surface area contributed by atoms with Gasteiger partial charge in [0.2, 0.25) is 5.91 Å². The van der Waals surface area contributed by atoms with Crippen LogP contribution in [0.25, 0.3) is 0 Å². The van der Waals surface area contributed by atoms with E-state index in [1.807, 2.05) is 7.05 Å². The van der Waals surface area contributed by atoms with Crippen molar-refractivity contribution in [1.82, 2.24) is 15.5 Å². The molecule has 33 heavy (non-hydrogen) atoms. The fourth-order valence-electron chi connectivity index (χ4n) is 3.60. The van der Waals surface area contributed by atoms with Crippen molar-refractivity contribution in [2.24, 2.45) is 0 Å². The summed E-state index contributed by atoms with van der Waals surface area (Å²) in [7, 11) is 2.03. The second kappa shape index (κ2) is 17.6. The molecule has 3 unspecified atom stereocenters. The number of nitrogens with zero attached hydrogens (tertiary/aromatic N) is 1. The van der Waals surface area contributed by atoms with Gasteiger partial charge in [0, 0.05) is 30.4 Å². The fourth-order valence-corrected chi connectivity index (χ4v) is 4.54. The molecular formula is C22H43N3O7S. The molecule has 4 N–H and O–H groups in total. The first-order chi connectivity index (χ1) is 15.8. The van der Waals surface area contributed by atoms with E-state index in [9.17, 15) is 14.7 Å². The highest BCUT2D eigenvalue weighted by Crippen LogP contribution is 2.25. The highest BCUT2D eigenvalue weighted by Gasteiger charge is 2.28. The third-order valence-electron chi connectivity index (χ3n) is 5.15. The van der Waals surface area contributed by atoms with Crippen molar-refractivity contribution in [2.45, 2.75) is 49.6 Å². The van der Waals surface area contributed by atoms with Gasteiger partial charge in [-0.3, -0.25) is 4.79 Å². The number of hydrogen-bond acceptors (Lipinski definition) is 10. The number of amides is 1. The van der Waals surface area contributed by atoms with Crippen molar-refractivity contribution >= 4 is 24.0 Å². The molecule has 1 fully saturated rings. The molecule has 1 amide bonds. The summed E-state index contributed by atoms with van der Waals surface area (Å²) in [5.41, 5.74) is 0. The Bertz CT molecular complexity index is 542. The molecule has 0 aliphatic carbocycles. The van der Waals surface area contributed by atoms with Gasteiger partial charge in [-0.1, -0.05) is 0 Å². The predicted octanol–water partition coefficient (Wildman–Crippen LogP) is -0.731. The molecule has 0 aromatic heterocycles. The lowest BCUT2D eigenvalue weighted by atomic mass is 9.97. The number of aliphatic hydroxyl groups is 2. The first-order valence-corrected chi connectivity index (χ1v) is 12.6. The van der Waals surface area contributed by atoms with Crippen molar-refractivity contribution in [1.29, 1.82) is 0 Å². The van der Waals surface area contributed by atoms with Crippen LogP contribution >= 0.6 is 11.8 Å². The Morgan fingerprint density at radius 1 is 1.18 bits per heavy atom. The van der Waals surface area contributed by atoms with Gasteiger partial charge in [-0.2, -0.15) is 0 Å². The largest absolute Gasteiger partial charge is 0.395 e. The van der Waals surface area contributed by atoms with E-state index in [1.54, 1.807) is 11.8 Å². The van der Waals surface area contributed by atoms with Crippen LogP contribution in [0.4, 0.5) is 0 Å². The van der Waals surface area contributed by atoms with Gasteiger partial charge in [-0.25, -0.2) is 0 Å². The third kappa shape index (κ3) is 14.9. The molecule has 1 rings (SSSR count). The highest BCUT2D eigenvalue weighted by atomic mass is 32.2. The minimum absolute atomic E-state index is 0.000684. The summed E-state index contributed by atoms with van der Waals surface area (Å²) in [6.07, 6.45) is 2.17. The number of aliphatic hydroxyl groups excluding tert-OH is 2. The zero-order chi connectivity index (χ0) is 24.5. The summed E-state index contributed by atoms with van der Waals surface area (Å²) < 4.78 is 16.3. The van der Waals surface area contributed by atoms with Crippen LogP contribution in [0.3, 0.4) is 0 Å². The van der Waals surface area contributed by atoms with E-state index in [0.717, 1.165) is 19.4 Å². The molecule has 1 saturated heterocycles. The van der Waals surface area contributed by atoms with Crippen molar-refractivity contribution in [3.05, 3.63) is 0 Å². The predicted molar refractivity (Wildman–Crippen MR) is 129 cm³/mol. The lowest BCUT2D eigenvalue weighted by Gasteiger charge is -2.34. The van der Waals surface area contributed by atoms with Crippen molar-refractivity contribution in [3.8, 4) is 0 Å². The Kier molecular flexibility index (Phi) is 16.1. The number of rotatable bonds is 19. The Balaban J connectivity index is 2.14. The molecule has 0 bridgehead atoms. The van der Waals surface area contributed by atoms with E-state index in [0.29, 0.717) is 58.2 Å². The van der Waals surface area contributed by atoms with Crippen LogP contribution in [0.1, 0.15) is 26.7 Å². The molecule has 3 atom stereocenters. The Morgan fingerprint density at radius 2 is 1.91 bits per heavy atom. The number of ether oxygens (including phenoxy) is 3. The van der Waals surface area contributed by atoms with E-state index >= 15 is 0 Å². The number of aldehydes is 1. The number of hydrogen-bond donors (Lipinski definition) is 4. The number of likely N-dealkylation sites (N-methyl/N-ethyl adjacent to an activating group) is 1. The first kappa shape index (κ1) is 30.2. The van der Waals surface area contributed by atoms with E-state index < -0.39 is 0 Å². The first-order valence-electron chi connectivity index (χ1n) is 11.6. The topological polar surface area (TPSA) is 130 Å². The normalized spacial score (nSPS) is 21.3. The maximum absolute atomic E-state index is 12.1. The van der Waals surface area contributed by atoms with Crippen molar-refractivity contribution in [2.75, 3.05) is 78.7 Å². The SMILES string of the molecule is CN(CCOC1CC(C=O)NC(CO)C1)CC(C)(C)SCC(=O)NCCOCCOCCO. The molecule has 11 heteroatoms. The summed E-state index contributed by atoms with van der Waals surface area (Å²) in [4.78, 5) is 25.3. The Labute approximate surface area is 202 Å². The molecule has 1 aliphatic heterocycles. The molecule has 0 spiro atoms. The average molecular weight is 494 g/mol. The minimum atomic E-state index is -0.266. The lowest BCUT2D eigenvalue weighted by Crippen LogP contribution is -2.50. The van der Waals surface area contributed by atoms with Crippen LogP contribution in [0.15, 0.2) is 0 Å². The number of piperidine rings is 1. The van der Waals surface area contributed by atoms with Crippen molar-refractivity contribution in [3.63, 3.8) is 0 Å². The van der Waals surface area contributed by atoms with Gasteiger partial charge in [0.05, 0.1) is 64.1 Å². The zero-order valence-corrected chi connectivity index (χ0v) is 21.1. The van der Waals surface area contributed by atoms with E-state index in [1.165, 1.54) is 0 Å². The second-order valence-electron chi connectivity index (χ2n) is 8.84. The average Bonchev–Trinajstić information content (AvgIpc) is 2.78. The smallest absolute Gasteiger partial charge is 0.230 e. The summed E-state index contributed by atoms with van der Waals surface area (Å²) in [5, 5.41) is 23.9. The molecule has 194 valence electrons. The molecule has 0 saturated carbocycles. The van der Waals surface area contributed by atoms with Gasteiger partial charge in [0.1, 0.15) is 6.29 Å². The minimum Gasteiger partial charge on any atom is -0.395 e. The third-order valence-corrected chi connectivity index (χ3v) is 6.46. The quantitative estimate of drug-likeness (QED) is 0.135. The number of carbonyl (C=O) groups is 2. The summed E-state index contributed by atoms with van der Waals surface area (Å²) >= 11 is 1.61. The van der Waals surface area contributed by atoms with Crippen LogP contribution < -0.4 is 10.6 Å². The number of thioether (sulfide) groups is 1. The van der Waals surface area contributed by atoms with Gasteiger partial charge < -0.3 is 44.8 Å². The van der Waals surface area contributed by atoms with E-state index in [-0.39, 0.29) is 42.1 Å². The zero-order valence-electron chi connectivity index (χ0n) is 20.3. The van der Waals surface area contributed by atoms with Crippen LogP contribution in [0.2, 0.25) is 0 Å². The highest BCUT2D eigenvalue weighted by molar-refractivity contribution is 8.01. The maximum atomic E-state index is 12.1. The standard InChI is InChI=1S/C22H43N3O7S/c1-22(2,33-16-21(29)23-4-7-30-10-11-31-9-6-26)17-25(3)5-8-32-20-12-18(14-27)24-19(13-20)15-28/h14,18-20,24,26,28H,4-13,15-17H2,1-3H3,(H,23,29). The van der Waals surface area contributed by atoms with E-state index in [2.05, 4.69) is 29.4 Å². The summed E-state index contributed by atoms with van der Waals surface area (Å²) in [6.45, 7) is 8.38. The summed E-state index contributed by atoms with van der Waals surface area (Å²) in [5.74, 6) is 0.357. The van der Waals surface area contributed by atoms with Crippen LogP contribution in [0, 0.1) is 0 Å². The lowest BCUT2D eigenvalue weighted by molar-refractivity contribution is -0.118. The van der Waals surface area contributed by atoms with Gasteiger partial charge in [-0.05, 0) is 33.7 Å². The van der Waals surface area contributed by atoms with E-state index in [4.69, 9.17) is 19.3 Å². The monoisotopic (exact) mass is 493 g/mol. The van der Waals surface area contributed by atoms with Gasteiger partial charge >= 0.3 is 0 Å². The van der Waals surface area contributed by atoms with Gasteiger partial charge in [0.25, 0.3) is 0 Å². The van der Waals surface area contributed by atoms with Gasteiger partial charge in [0.15, 0.2) is 0 Å². The molecule has 10 nitrogen and oxygen atoms in total. The number of nitrogens with one attached hydrogen (secondary N) is 2. The maximum Gasteiger partial charge on any atom is 0.230 e. The fraction of sp³-hybridized carbons (Fsp3) is 0.909. The number of carbonyl (C=O) groups excluding carboxylic acids is 2. The van der Waals surface area contributed by atoms with Crippen LogP contribution in [0.5, 0.6) is 0 Å². The van der Waals surface area contributed by atoms with Crippen LogP contribution in [-0.2, 0) is 23.8 Å². The molecule has 1 aliphatic rings. The molecule has 1 heterocycles. The van der Waals surface area contributed by atoms with Crippen molar-refractivity contribution < 1.29 is 34.0 Å².